The summed E-state index contributed by atoms with van der Waals surface area (Å²) < 4.78 is 5.00. The average Bonchev–Trinajstić information content (AvgIpc) is 2.20. The van der Waals surface area contributed by atoms with Crippen LogP contribution in [0, 0.1) is 0 Å². The number of hydrogen-bond donors (Lipinski definition) is 2. The number of aliphatic imine (C=N–C) groups is 1. The van der Waals surface area contributed by atoms with Crippen LogP contribution in [0.2, 0.25) is 0 Å². The van der Waals surface area contributed by atoms with Gasteiger partial charge in [0.2, 0.25) is 0 Å². The molecule has 0 bridgehead atoms. The van der Waals surface area contributed by atoms with E-state index >= 15 is 0 Å². The first-order chi connectivity index (χ1) is 7.91. The van der Waals surface area contributed by atoms with Gasteiger partial charge in [0.15, 0.2) is 5.96 Å². The lowest BCUT2D eigenvalue weighted by Gasteiger charge is -2.08. The molecule has 0 aromatic rings. The summed E-state index contributed by atoms with van der Waals surface area (Å²) in [5.74, 6) is 0.199. The molecule has 0 heterocycles. The zero-order chi connectivity index (χ0) is 13.3. The molecule has 0 amide bonds. The smallest absolute Gasteiger partial charge is 0.306 e. The van der Waals surface area contributed by atoms with E-state index in [1.807, 2.05) is 20.8 Å². The van der Waals surface area contributed by atoms with Gasteiger partial charge in [0.1, 0.15) is 0 Å². The molecule has 0 aromatic carbocycles. The van der Waals surface area contributed by atoms with E-state index in [1.165, 1.54) is 0 Å². The average molecular weight is 241 g/mol. The van der Waals surface area contributed by atoms with Crippen molar-refractivity contribution in [2.45, 2.75) is 39.7 Å². The minimum absolute atomic E-state index is 0.0577. The van der Waals surface area contributed by atoms with Crippen LogP contribution in [0.1, 0.15) is 33.6 Å². The molecule has 5 nitrogen and oxygen atoms in total. The SMILES string of the molecule is C=C(C)CN=C(N)NCCCC(=O)OC(C)C. The summed E-state index contributed by atoms with van der Waals surface area (Å²) in [6, 6.07) is 0. The van der Waals surface area contributed by atoms with Gasteiger partial charge in [-0.25, -0.2) is 4.99 Å². The maximum Gasteiger partial charge on any atom is 0.306 e. The van der Waals surface area contributed by atoms with E-state index in [-0.39, 0.29) is 12.1 Å². The molecule has 0 spiro atoms. The van der Waals surface area contributed by atoms with Crippen molar-refractivity contribution in [1.29, 1.82) is 0 Å². The second kappa shape index (κ2) is 8.61. The Labute approximate surface area is 103 Å². The summed E-state index contributed by atoms with van der Waals surface area (Å²) in [5.41, 5.74) is 6.56. The number of ether oxygens (including phenoxy) is 1. The number of carbonyl (C=O) groups excluding carboxylic acids is 1. The van der Waals surface area contributed by atoms with Crippen LogP contribution in [0.3, 0.4) is 0 Å². The van der Waals surface area contributed by atoms with Gasteiger partial charge < -0.3 is 15.8 Å². The van der Waals surface area contributed by atoms with E-state index in [1.54, 1.807) is 0 Å². The van der Waals surface area contributed by atoms with E-state index in [2.05, 4.69) is 16.9 Å². The van der Waals surface area contributed by atoms with Crippen LogP contribution in [-0.4, -0.2) is 31.1 Å². The lowest BCUT2D eigenvalue weighted by atomic mass is 10.3. The Balaban J connectivity index is 3.60. The van der Waals surface area contributed by atoms with Gasteiger partial charge >= 0.3 is 5.97 Å². The van der Waals surface area contributed by atoms with Crippen LogP contribution in [0.25, 0.3) is 0 Å². The molecule has 0 atom stereocenters. The first kappa shape index (κ1) is 15.5. The lowest BCUT2D eigenvalue weighted by Crippen LogP contribution is -2.32. The Kier molecular flexibility index (Phi) is 7.84. The van der Waals surface area contributed by atoms with Crippen molar-refractivity contribution in [2.75, 3.05) is 13.1 Å². The molecule has 98 valence electrons. The highest BCUT2D eigenvalue weighted by Crippen LogP contribution is 1.96. The fraction of sp³-hybridized carbons (Fsp3) is 0.667. The minimum atomic E-state index is -0.181. The van der Waals surface area contributed by atoms with Crippen molar-refractivity contribution in [3.05, 3.63) is 12.2 Å². The highest BCUT2D eigenvalue weighted by Gasteiger charge is 2.04. The van der Waals surface area contributed by atoms with Crippen molar-refractivity contribution in [1.82, 2.24) is 5.32 Å². The number of nitrogens with zero attached hydrogens (tertiary/aromatic N) is 1. The van der Waals surface area contributed by atoms with Gasteiger partial charge in [-0.3, -0.25) is 4.79 Å². The molecule has 0 aromatic heterocycles. The number of esters is 1. The second-order valence-corrected chi connectivity index (χ2v) is 4.23. The molecule has 0 saturated heterocycles. The highest BCUT2D eigenvalue weighted by molar-refractivity contribution is 5.78. The molecule has 17 heavy (non-hydrogen) atoms. The highest BCUT2D eigenvalue weighted by atomic mass is 16.5. The van der Waals surface area contributed by atoms with Crippen LogP contribution in [0.5, 0.6) is 0 Å². The van der Waals surface area contributed by atoms with Gasteiger partial charge in [-0.15, -0.1) is 0 Å². The molecule has 0 fully saturated rings. The third kappa shape index (κ3) is 10.8. The van der Waals surface area contributed by atoms with E-state index in [4.69, 9.17) is 10.5 Å². The Hall–Kier alpha value is -1.52. The summed E-state index contributed by atoms with van der Waals surface area (Å²) in [4.78, 5) is 15.2. The number of guanidine groups is 1. The Morgan fingerprint density at radius 2 is 2.18 bits per heavy atom. The number of nitrogens with one attached hydrogen (secondary N) is 1. The molecular weight excluding hydrogens is 218 g/mol. The zero-order valence-corrected chi connectivity index (χ0v) is 11.0. The van der Waals surface area contributed by atoms with Crippen LogP contribution in [-0.2, 0) is 9.53 Å². The van der Waals surface area contributed by atoms with Crippen molar-refractivity contribution >= 4 is 11.9 Å². The summed E-state index contributed by atoms with van der Waals surface area (Å²) in [6.45, 7) is 10.4. The monoisotopic (exact) mass is 241 g/mol. The number of nitrogens with two attached hydrogens (primary N) is 1. The van der Waals surface area contributed by atoms with Crippen molar-refractivity contribution in [2.24, 2.45) is 10.7 Å². The third-order valence-corrected chi connectivity index (χ3v) is 1.75. The second-order valence-electron chi connectivity index (χ2n) is 4.23. The lowest BCUT2D eigenvalue weighted by molar-refractivity contribution is -0.147. The van der Waals surface area contributed by atoms with E-state index in [0.29, 0.717) is 31.9 Å². The molecule has 0 saturated carbocycles. The molecule has 3 N–H and O–H groups in total. The summed E-state index contributed by atoms with van der Waals surface area (Å²) >= 11 is 0. The van der Waals surface area contributed by atoms with Gasteiger partial charge in [0, 0.05) is 13.0 Å². The fourth-order valence-corrected chi connectivity index (χ4v) is 1.05. The van der Waals surface area contributed by atoms with E-state index in [0.717, 1.165) is 5.57 Å². The molecule has 5 heteroatoms. The van der Waals surface area contributed by atoms with Crippen molar-refractivity contribution in [3.8, 4) is 0 Å². The molecule has 0 aliphatic heterocycles. The van der Waals surface area contributed by atoms with Crippen molar-refractivity contribution in [3.63, 3.8) is 0 Å². The maximum absolute atomic E-state index is 11.2. The van der Waals surface area contributed by atoms with Gasteiger partial charge in [-0.1, -0.05) is 12.2 Å². The topological polar surface area (TPSA) is 76.7 Å². The Morgan fingerprint density at radius 3 is 2.71 bits per heavy atom. The molecule has 0 radical (unpaired) electrons. The zero-order valence-electron chi connectivity index (χ0n) is 11.0. The first-order valence-corrected chi connectivity index (χ1v) is 5.79. The van der Waals surface area contributed by atoms with Crippen LogP contribution in [0.4, 0.5) is 0 Å². The van der Waals surface area contributed by atoms with Crippen molar-refractivity contribution < 1.29 is 9.53 Å². The molecule has 0 aliphatic rings. The normalized spacial score (nSPS) is 11.4. The van der Waals surface area contributed by atoms with Crippen LogP contribution in [0.15, 0.2) is 17.1 Å². The van der Waals surface area contributed by atoms with Crippen LogP contribution < -0.4 is 11.1 Å². The predicted molar refractivity (Wildman–Crippen MR) is 69.8 cm³/mol. The predicted octanol–water partition coefficient (Wildman–Crippen LogP) is 1.20. The standard InChI is InChI=1S/C12H23N3O2/c1-9(2)8-15-12(13)14-7-5-6-11(16)17-10(3)4/h10H,1,5-8H2,2-4H3,(H3,13,14,15). The Morgan fingerprint density at radius 1 is 1.53 bits per heavy atom. The summed E-state index contributed by atoms with van der Waals surface area (Å²) in [6.07, 6.45) is 1.01. The largest absolute Gasteiger partial charge is 0.463 e. The van der Waals surface area contributed by atoms with Gasteiger partial charge in [0.05, 0.1) is 12.6 Å². The Bertz CT molecular complexity index is 285. The van der Waals surface area contributed by atoms with E-state index < -0.39 is 0 Å². The fourth-order valence-electron chi connectivity index (χ4n) is 1.05. The minimum Gasteiger partial charge on any atom is -0.463 e. The maximum atomic E-state index is 11.2. The number of carbonyl (C=O) groups is 1. The van der Waals surface area contributed by atoms with E-state index in [9.17, 15) is 4.79 Å². The molecule has 0 aliphatic carbocycles. The number of rotatable bonds is 7. The third-order valence-electron chi connectivity index (χ3n) is 1.75. The molecule has 0 unspecified atom stereocenters. The molecular formula is C12H23N3O2. The quantitative estimate of drug-likeness (QED) is 0.231. The van der Waals surface area contributed by atoms with Crippen LogP contribution >= 0.6 is 0 Å². The first-order valence-electron chi connectivity index (χ1n) is 5.79. The number of hydrogen-bond acceptors (Lipinski definition) is 3. The van der Waals surface area contributed by atoms with Gasteiger partial charge in [0.25, 0.3) is 0 Å². The van der Waals surface area contributed by atoms with Gasteiger partial charge in [-0.2, -0.15) is 0 Å². The molecule has 0 rings (SSSR count). The van der Waals surface area contributed by atoms with Gasteiger partial charge in [-0.05, 0) is 27.2 Å². The summed E-state index contributed by atoms with van der Waals surface area (Å²) in [5, 5.41) is 2.93. The summed E-state index contributed by atoms with van der Waals surface area (Å²) in [7, 11) is 0.